The molecule has 3 heteroatoms. The lowest BCUT2D eigenvalue weighted by Crippen LogP contribution is -1.87. The van der Waals surface area contributed by atoms with E-state index in [4.69, 9.17) is 10.0 Å². The number of rotatable bonds is 1. The van der Waals surface area contributed by atoms with Gasteiger partial charge in [0, 0.05) is 5.56 Å². The van der Waals surface area contributed by atoms with E-state index in [1.54, 1.807) is 0 Å². The highest BCUT2D eigenvalue weighted by Gasteiger charge is 2.36. The first kappa shape index (κ1) is 5.85. The van der Waals surface area contributed by atoms with Crippen molar-refractivity contribution in [1.29, 1.82) is 0 Å². The van der Waals surface area contributed by atoms with E-state index in [1.165, 1.54) is 0 Å². The monoisotopic (exact) mass is 137 g/mol. The van der Waals surface area contributed by atoms with E-state index in [2.05, 4.69) is 0 Å². The summed E-state index contributed by atoms with van der Waals surface area (Å²) in [5, 5.41) is 9.52. The van der Waals surface area contributed by atoms with Crippen LogP contribution >= 0.6 is 0 Å². The fraction of sp³-hybridized carbons (Fsp3) is 0.143. The van der Waals surface area contributed by atoms with Gasteiger partial charge in [0.2, 0.25) is 6.23 Å². The minimum atomic E-state index is -0.235. The van der Waals surface area contributed by atoms with E-state index >= 15 is 0 Å². The van der Waals surface area contributed by atoms with E-state index in [0.29, 0.717) is 0 Å². The summed E-state index contributed by atoms with van der Waals surface area (Å²) < 4.78 is 0. The van der Waals surface area contributed by atoms with E-state index in [-0.39, 0.29) is 6.23 Å². The molecule has 0 aliphatic carbocycles. The number of nitrogens with zero attached hydrogens (tertiary/aromatic N) is 1. The Balaban J connectivity index is 2.20. The molecule has 2 rings (SSSR count). The molecule has 1 aliphatic rings. The molecule has 52 valence electrons. The molecule has 0 saturated carbocycles. The Bertz CT molecular complexity index is 224. The lowest BCUT2D eigenvalue weighted by Gasteiger charge is -1.89. The van der Waals surface area contributed by atoms with Crippen LogP contribution in [0, 0.1) is 0 Å². The fourth-order valence-corrected chi connectivity index (χ4v) is 0.881. The Hall–Kier alpha value is -0.900. The van der Waals surface area contributed by atoms with Crippen molar-refractivity contribution in [3.05, 3.63) is 35.9 Å². The molecule has 1 aliphatic heterocycles. The molecular formula is C7H7NO2. The third-order valence-corrected chi connectivity index (χ3v) is 1.45. The highest BCUT2D eigenvalue weighted by Crippen LogP contribution is 2.33. The van der Waals surface area contributed by atoms with Crippen molar-refractivity contribution in [2.24, 2.45) is 0 Å². The zero-order chi connectivity index (χ0) is 6.97. The second-order valence-electron chi connectivity index (χ2n) is 2.17. The number of hydrogen-bond acceptors (Lipinski definition) is 3. The van der Waals surface area contributed by atoms with Crippen molar-refractivity contribution in [1.82, 2.24) is 5.23 Å². The third kappa shape index (κ3) is 0.903. The van der Waals surface area contributed by atoms with Gasteiger partial charge < -0.3 is 0 Å². The molecule has 1 aromatic rings. The lowest BCUT2D eigenvalue weighted by molar-refractivity contribution is -0.101. The van der Waals surface area contributed by atoms with Gasteiger partial charge in [-0.05, 0) is 5.23 Å². The van der Waals surface area contributed by atoms with Crippen LogP contribution < -0.4 is 0 Å². The second-order valence-corrected chi connectivity index (χ2v) is 2.17. The number of benzene rings is 1. The van der Waals surface area contributed by atoms with Crippen molar-refractivity contribution in [2.45, 2.75) is 6.23 Å². The zero-order valence-electron chi connectivity index (χ0n) is 5.27. The number of hydrogen-bond donors (Lipinski definition) is 1. The van der Waals surface area contributed by atoms with Gasteiger partial charge in [0.1, 0.15) is 0 Å². The normalized spacial score (nSPS) is 30.1. The first-order valence-electron chi connectivity index (χ1n) is 3.08. The van der Waals surface area contributed by atoms with Crippen LogP contribution in [0.4, 0.5) is 0 Å². The Kier molecular flexibility index (Phi) is 1.20. The SMILES string of the molecule is ON1OC1c1ccccc1. The second kappa shape index (κ2) is 2.05. The van der Waals surface area contributed by atoms with Crippen molar-refractivity contribution in [3.63, 3.8) is 0 Å². The van der Waals surface area contributed by atoms with Crippen LogP contribution in [-0.4, -0.2) is 10.4 Å². The average Bonchev–Trinajstić information content (AvgIpc) is 2.69. The van der Waals surface area contributed by atoms with Crippen LogP contribution in [0.2, 0.25) is 0 Å². The van der Waals surface area contributed by atoms with E-state index < -0.39 is 0 Å². The fourth-order valence-electron chi connectivity index (χ4n) is 0.881. The quantitative estimate of drug-likeness (QED) is 0.593. The minimum Gasteiger partial charge on any atom is -0.287 e. The summed E-state index contributed by atoms with van der Waals surface area (Å²) in [4.78, 5) is 4.69. The van der Waals surface area contributed by atoms with Crippen LogP contribution in [0.3, 0.4) is 0 Å². The highest BCUT2D eigenvalue weighted by molar-refractivity contribution is 5.17. The molecule has 2 atom stereocenters. The maximum absolute atomic E-state index is 8.69. The van der Waals surface area contributed by atoms with Crippen molar-refractivity contribution in [2.75, 3.05) is 0 Å². The average molecular weight is 137 g/mol. The molecule has 10 heavy (non-hydrogen) atoms. The van der Waals surface area contributed by atoms with Gasteiger partial charge in [-0.1, -0.05) is 30.3 Å². The maximum Gasteiger partial charge on any atom is 0.209 e. The topological polar surface area (TPSA) is 35.8 Å². The van der Waals surface area contributed by atoms with Gasteiger partial charge in [-0.25, -0.2) is 4.84 Å². The van der Waals surface area contributed by atoms with Gasteiger partial charge in [0.15, 0.2) is 0 Å². The van der Waals surface area contributed by atoms with E-state index in [9.17, 15) is 0 Å². The Morgan fingerprint density at radius 3 is 2.40 bits per heavy atom. The predicted molar refractivity (Wildman–Crippen MR) is 33.9 cm³/mol. The molecule has 0 spiro atoms. The van der Waals surface area contributed by atoms with Crippen LogP contribution in [-0.2, 0) is 4.84 Å². The molecule has 1 saturated heterocycles. The lowest BCUT2D eigenvalue weighted by atomic mass is 10.2. The van der Waals surface area contributed by atoms with Gasteiger partial charge in [-0.2, -0.15) is 0 Å². The van der Waals surface area contributed by atoms with Gasteiger partial charge in [-0.3, -0.25) is 5.21 Å². The summed E-state index contributed by atoms with van der Waals surface area (Å²) in [5.41, 5.74) is 0.977. The largest absolute Gasteiger partial charge is 0.287 e. The minimum absolute atomic E-state index is 0.235. The molecule has 2 unspecified atom stereocenters. The summed E-state index contributed by atoms with van der Waals surface area (Å²) in [5.74, 6) is 0. The number of hydroxylamine groups is 2. The molecule has 1 aromatic carbocycles. The summed E-state index contributed by atoms with van der Waals surface area (Å²) in [6.07, 6.45) is -0.235. The molecule has 0 radical (unpaired) electrons. The molecule has 3 nitrogen and oxygen atoms in total. The summed E-state index contributed by atoms with van der Waals surface area (Å²) in [6, 6.07) is 9.55. The van der Waals surface area contributed by atoms with Crippen molar-refractivity contribution < 1.29 is 10.0 Å². The Labute approximate surface area is 58.4 Å². The predicted octanol–water partition coefficient (Wildman–Crippen LogP) is 1.32. The first-order chi connectivity index (χ1) is 4.88. The van der Waals surface area contributed by atoms with Crippen LogP contribution in [0.25, 0.3) is 0 Å². The van der Waals surface area contributed by atoms with Gasteiger partial charge >= 0.3 is 0 Å². The molecule has 0 bridgehead atoms. The molecular weight excluding hydrogens is 130 g/mol. The third-order valence-electron chi connectivity index (χ3n) is 1.45. The van der Waals surface area contributed by atoms with Crippen molar-refractivity contribution in [3.8, 4) is 0 Å². The Morgan fingerprint density at radius 1 is 1.30 bits per heavy atom. The van der Waals surface area contributed by atoms with E-state index in [1.807, 2.05) is 30.3 Å². The molecule has 0 amide bonds. The standard InChI is InChI=1S/C7H7NO2/c9-8-7(10-8)6-4-2-1-3-5-6/h1-5,7,9H. The maximum atomic E-state index is 8.69. The van der Waals surface area contributed by atoms with Gasteiger partial charge in [0.05, 0.1) is 0 Å². The zero-order valence-corrected chi connectivity index (χ0v) is 5.27. The van der Waals surface area contributed by atoms with Crippen LogP contribution in [0.15, 0.2) is 30.3 Å². The Morgan fingerprint density at radius 2 is 1.90 bits per heavy atom. The van der Waals surface area contributed by atoms with Crippen molar-refractivity contribution >= 4 is 0 Å². The molecule has 1 fully saturated rings. The van der Waals surface area contributed by atoms with Gasteiger partial charge in [0.25, 0.3) is 0 Å². The summed E-state index contributed by atoms with van der Waals surface area (Å²) >= 11 is 0. The molecule has 0 aromatic heterocycles. The van der Waals surface area contributed by atoms with Crippen LogP contribution in [0.5, 0.6) is 0 Å². The first-order valence-corrected chi connectivity index (χ1v) is 3.08. The summed E-state index contributed by atoms with van der Waals surface area (Å²) in [7, 11) is 0. The summed E-state index contributed by atoms with van der Waals surface area (Å²) in [6.45, 7) is 0. The molecule has 1 N–H and O–H groups in total. The smallest absolute Gasteiger partial charge is 0.209 e. The van der Waals surface area contributed by atoms with Crippen LogP contribution in [0.1, 0.15) is 11.8 Å². The van der Waals surface area contributed by atoms with Gasteiger partial charge in [-0.15, -0.1) is 0 Å². The highest BCUT2D eigenvalue weighted by atomic mass is 17.0. The van der Waals surface area contributed by atoms with E-state index in [0.717, 1.165) is 10.8 Å². The molecule has 1 heterocycles.